The molecule has 24 heavy (non-hydrogen) atoms. The van der Waals surface area contributed by atoms with E-state index in [1.165, 1.54) is 0 Å². The summed E-state index contributed by atoms with van der Waals surface area (Å²) in [7, 11) is 1.67. The van der Waals surface area contributed by atoms with Gasteiger partial charge in [0, 0.05) is 18.7 Å². The van der Waals surface area contributed by atoms with Crippen LogP contribution in [-0.4, -0.2) is 54.7 Å². The number of morpholine rings is 1. The fourth-order valence-corrected chi connectivity index (χ4v) is 3.00. The van der Waals surface area contributed by atoms with Crippen molar-refractivity contribution in [2.45, 2.75) is 20.0 Å². The molecule has 2 heterocycles. The summed E-state index contributed by atoms with van der Waals surface area (Å²) in [6.07, 6.45) is 2.00. The van der Waals surface area contributed by atoms with E-state index in [0.29, 0.717) is 0 Å². The van der Waals surface area contributed by atoms with Crippen LogP contribution in [-0.2, 0) is 4.74 Å². The molecule has 1 aromatic heterocycles. The van der Waals surface area contributed by atoms with Crippen LogP contribution in [0.15, 0.2) is 30.5 Å². The van der Waals surface area contributed by atoms with Gasteiger partial charge in [-0.1, -0.05) is 12.1 Å². The van der Waals surface area contributed by atoms with Crippen LogP contribution < -0.4 is 10.1 Å². The van der Waals surface area contributed by atoms with Gasteiger partial charge in [-0.3, -0.25) is 4.90 Å². The third kappa shape index (κ3) is 3.66. The first-order valence-corrected chi connectivity index (χ1v) is 8.24. The molecule has 1 aliphatic heterocycles. The molecule has 0 spiro atoms. The lowest BCUT2D eigenvalue weighted by atomic mass is 10.0. The van der Waals surface area contributed by atoms with E-state index in [4.69, 9.17) is 9.47 Å². The monoisotopic (exact) mass is 328 g/mol. The van der Waals surface area contributed by atoms with Crippen LogP contribution in [0.1, 0.15) is 12.6 Å². The maximum Gasteiger partial charge on any atom is 0.118 e. The molecule has 0 bridgehead atoms. The van der Waals surface area contributed by atoms with Gasteiger partial charge in [-0.25, -0.2) is 0 Å². The van der Waals surface area contributed by atoms with Crippen LogP contribution >= 0.6 is 0 Å². The summed E-state index contributed by atoms with van der Waals surface area (Å²) in [5, 5.41) is 11.9. The fraction of sp³-hybridized carbons (Fsp3) is 0.444. The number of nitrogens with one attached hydrogen (secondary N) is 1. The lowest BCUT2D eigenvalue weighted by Gasteiger charge is -2.33. The van der Waals surface area contributed by atoms with Crippen LogP contribution in [0.5, 0.6) is 5.75 Å². The number of anilines is 1. The summed E-state index contributed by atoms with van der Waals surface area (Å²) in [5.41, 5.74) is 4.07. The highest BCUT2D eigenvalue weighted by Crippen LogP contribution is 2.31. The van der Waals surface area contributed by atoms with E-state index >= 15 is 0 Å². The fourth-order valence-electron chi connectivity index (χ4n) is 3.00. The van der Waals surface area contributed by atoms with Gasteiger partial charge in [0.2, 0.25) is 0 Å². The summed E-state index contributed by atoms with van der Waals surface area (Å²) >= 11 is 0. The Kier molecular flexibility index (Phi) is 5.27. The standard InChI is InChI=1S/C18H24N4O2/c1-13-18(15-4-6-16(23-3)7-5-15)17(12-19-21-13)20-14(2)22-8-10-24-11-9-22/h4-7,12,14H,8-11H2,1-3H3,(H,20,21). The smallest absolute Gasteiger partial charge is 0.118 e. The number of hydrogen-bond acceptors (Lipinski definition) is 6. The minimum atomic E-state index is 0.203. The van der Waals surface area contributed by atoms with E-state index in [-0.39, 0.29) is 6.17 Å². The van der Waals surface area contributed by atoms with Crippen molar-refractivity contribution in [2.75, 3.05) is 38.7 Å². The van der Waals surface area contributed by atoms with Crippen molar-refractivity contribution in [1.29, 1.82) is 0 Å². The zero-order valence-corrected chi connectivity index (χ0v) is 14.5. The lowest BCUT2D eigenvalue weighted by Crippen LogP contribution is -2.45. The molecule has 2 aromatic rings. The topological polar surface area (TPSA) is 59.5 Å². The van der Waals surface area contributed by atoms with Crippen LogP contribution in [0.25, 0.3) is 11.1 Å². The predicted molar refractivity (Wildman–Crippen MR) is 94.2 cm³/mol. The number of hydrogen-bond donors (Lipinski definition) is 1. The average molecular weight is 328 g/mol. The molecule has 3 rings (SSSR count). The summed E-state index contributed by atoms with van der Waals surface area (Å²) in [5.74, 6) is 0.842. The Morgan fingerprint density at radius 1 is 1.21 bits per heavy atom. The predicted octanol–water partition coefficient (Wildman–Crippen LogP) is 2.55. The molecule has 6 nitrogen and oxygen atoms in total. The molecule has 1 saturated heterocycles. The minimum Gasteiger partial charge on any atom is -0.497 e. The van der Waals surface area contributed by atoms with Gasteiger partial charge in [0.1, 0.15) is 5.75 Å². The SMILES string of the molecule is COc1ccc(-c2c(NC(C)N3CCOCC3)cnnc2C)cc1. The lowest BCUT2D eigenvalue weighted by molar-refractivity contribution is 0.0254. The molecule has 0 radical (unpaired) electrons. The van der Waals surface area contributed by atoms with Crippen LogP contribution in [0, 0.1) is 6.92 Å². The molecule has 1 aliphatic rings. The van der Waals surface area contributed by atoms with Gasteiger partial charge < -0.3 is 14.8 Å². The van der Waals surface area contributed by atoms with Crippen molar-refractivity contribution in [3.63, 3.8) is 0 Å². The molecule has 1 atom stereocenters. The van der Waals surface area contributed by atoms with Gasteiger partial charge in [-0.15, -0.1) is 0 Å². The Bertz CT molecular complexity index is 669. The number of methoxy groups -OCH3 is 1. The second-order valence-electron chi connectivity index (χ2n) is 5.92. The van der Waals surface area contributed by atoms with Gasteiger partial charge in [0.15, 0.2) is 0 Å². The van der Waals surface area contributed by atoms with Crippen molar-refractivity contribution in [2.24, 2.45) is 0 Å². The summed E-state index contributed by atoms with van der Waals surface area (Å²) in [6, 6.07) is 8.02. The Labute approximate surface area is 142 Å². The highest BCUT2D eigenvalue weighted by Gasteiger charge is 2.19. The molecule has 128 valence electrons. The molecular weight excluding hydrogens is 304 g/mol. The number of aromatic nitrogens is 2. The number of ether oxygens (including phenoxy) is 2. The van der Waals surface area contributed by atoms with E-state index in [0.717, 1.165) is 54.6 Å². The van der Waals surface area contributed by atoms with Crippen molar-refractivity contribution >= 4 is 5.69 Å². The van der Waals surface area contributed by atoms with Crippen LogP contribution in [0.3, 0.4) is 0 Å². The highest BCUT2D eigenvalue weighted by molar-refractivity contribution is 5.79. The molecule has 0 aliphatic carbocycles. The number of rotatable bonds is 5. The quantitative estimate of drug-likeness (QED) is 0.910. The zero-order chi connectivity index (χ0) is 16.9. The van der Waals surface area contributed by atoms with E-state index in [1.54, 1.807) is 13.3 Å². The Morgan fingerprint density at radius 2 is 1.92 bits per heavy atom. The van der Waals surface area contributed by atoms with Crippen molar-refractivity contribution in [3.8, 4) is 16.9 Å². The summed E-state index contributed by atoms with van der Waals surface area (Å²) < 4.78 is 10.7. The van der Waals surface area contributed by atoms with E-state index < -0.39 is 0 Å². The first kappa shape index (κ1) is 16.7. The first-order valence-electron chi connectivity index (χ1n) is 8.24. The minimum absolute atomic E-state index is 0.203. The van der Waals surface area contributed by atoms with Gasteiger partial charge >= 0.3 is 0 Å². The second kappa shape index (κ2) is 7.59. The third-order valence-electron chi connectivity index (χ3n) is 4.36. The van der Waals surface area contributed by atoms with Gasteiger partial charge in [-0.05, 0) is 31.5 Å². The molecule has 1 fully saturated rings. The Morgan fingerprint density at radius 3 is 2.58 bits per heavy atom. The van der Waals surface area contributed by atoms with Crippen LogP contribution in [0.4, 0.5) is 5.69 Å². The molecule has 1 N–H and O–H groups in total. The van der Waals surface area contributed by atoms with Crippen molar-refractivity contribution in [3.05, 3.63) is 36.2 Å². The van der Waals surface area contributed by atoms with E-state index in [9.17, 15) is 0 Å². The molecule has 6 heteroatoms. The number of benzene rings is 1. The summed E-state index contributed by atoms with van der Waals surface area (Å²) in [4.78, 5) is 2.37. The van der Waals surface area contributed by atoms with Gasteiger partial charge in [0.25, 0.3) is 0 Å². The highest BCUT2D eigenvalue weighted by atomic mass is 16.5. The zero-order valence-electron chi connectivity index (χ0n) is 14.5. The molecule has 0 saturated carbocycles. The molecule has 0 amide bonds. The third-order valence-corrected chi connectivity index (χ3v) is 4.36. The maximum absolute atomic E-state index is 5.43. The number of aryl methyl sites for hydroxylation is 1. The number of nitrogens with zero attached hydrogens (tertiary/aromatic N) is 3. The van der Waals surface area contributed by atoms with Crippen LogP contribution in [0.2, 0.25) is 0 Å². The maximum atomic E-state index is 5.43. The van der Waals surface area contributed by atoms with Gasteiger partial charge in [-0.2, -0.15) is 10.2 Å². The average Bonchev–Trinajstić information content (AvgIpc) is 2.63. The molecule has 1 unspecified atom stereocenters. The molecular formula is C18H24N4O2. The first-order chi connectivity index (χ1) is 11.7. The van der Waals surface area contributed by atoms with Crippen molar-refractivity contribution in [1.82, 2.24) is 15.1 Å². The Hall–Kier alpha value is -2.18. The second-order valence-corrected chi connectivity index (χ2v) is 5.92. The summed E-state index contributed by atoms with van der Waals surface area (Å²) in [6.45, 7) is 7.58. The van der Waals surface area contributed by atoms with E-state index in [2.05, 4.69) is 27.3 Å². The van der Waals surface area contributed by atoms with Gasteiger partial charge in [0.05, 0.1) is 44.1 Å². The Balaban J connectivity index is 1.86. The largest absolute Gasteiger partial charge is 0.497 e. The molecule has 1 aromatic carbocycles. The normalized spacial score (nSPS) is 16.6. The van der Waals surface area contributed by atoms with Crippen molar-refractivity contribution < 1.29 is 9.47 Å². The van der Waals surface area contributed by atoms with E-state index in [1.807, 2.05) is 31.2 Å².